The summed E-state index contributed by atoms with van der Waals surface area (Å²) < 4.78 is 0. The van der Waals surface area contributed by atoms with Crippen molar-refractivity contribution in [2.45, 2.75) is 154 Å². The Morgan fingerprint density at radius 1 is 0.487 bits per heavy atom. The minimum Gasteiger partial charge on any atom is -0.481 e. The molecule has 27 nitrogen and oxygen atoms in total. The van der Waals surface area contributed by atoms with E-state index in [9.17, 15) is 73.2 Å². The summed E-state index contributed by atoms with van der Waals surface area (Å²) in [5.74, 6) is -13.6. The number of aliphatic imine (C=N–C) groups is 1. The number of hydrogen-bond donors (Lipinski definition) is 15. The molecule has 0 aliphatic heterocycles. The van der Waals surface area contributed by atoms with E-state index in [0.29, 0.717) is 11.1 Å². The van der Waals surface area contributed by atoms with Gasteiger partial charge in [0.2, 0.25) is 47.3 Å². The van der Waals surface area contributed by atoms with Crippen molar-refractivity contribution in [1.29, 1.82) is 0 Å². The lowest BCUT2D eigenvalue weighted by atomic mass is 9.98. The van der Waals surface area contributed by atoms with Crippen LogP contribution < -0.4 is 59.7 Å². The molecule has 0 bridgehead atoms. The van der Waals surface area contributed by atoms with Crippen LogP contribution in [0.3, 0.4) is 0 Å². The number of nitrogens with two attached hydrogens (primary N) is 3. The topological polar surface area (TPSA) is 455 Å². The number of aliphatic hydroxyl groups excluding tert-OH is 1. The van der Waals surface area contributed by atoms with Gasteiger partial charge >= 0.3 is 17.9 Å². The van der Waals surface area contributed by atoms with Gasteiger partial charge < -0.3 is 80.2 Å². The van der Waals surface area contributed by atoms with Gasteiger partial charge in [-0.1, -0.05) is 102 Å². The van der Waals surface area contributed by atoms with Crippen molar-refractivity contribution in [3.05, 3.63) is 71.8 Å². The molecule has 9 atom stereocenters. The lowest BCUT2D eigenvalue weighted by Gasteiger charge is -2.29. The van der Waals surface area contributed by atoms with Crippen molar-refractivity contribution in [1.82, 2.24) is 42.5 Å². The van der Waals surface area contributed by atoms with Crippen LogP contribution in [-0.4, -0.2) is 159 Å². The fourth-order valence-corrected chi connectivity index (χ4v) is 7.99. The van der Waals surface area contributed by atoms with E-state index in [-0.39, 0.29) is 62.9 Å². The maximum Gasteiger partial charge on any atom is 0.326 e. The molecule has 0 aromatic heterocycles. The molecule has 0 unspecified atom stereocenters. The number of carbonyl (C=O) groups is 11. The number of carbonyl (C=O) groups excluding carboxylic acids is 8. The number of guanidine groups is 1. The molecule has 0 aliphatic rings. The third kappa shape index (κ3) is 25.5. The molecule has 0 heterocycles. The van der Waals surface area contributed by atoms with E-state index < -0.39 is 151 Å². The van der Waals surface area contributed by atoms with Crippen molar-refractivity contribution >= 4 is 71.1 Å². The molecule has 0 aliphatic carbocycles. The van der Waals surface area contributed by atoms with Gasteiger partial charge in [-0.2, -0.15) is 0 Å². The van der Waals surface area contributed by atoms with Crippen LogP contribution in [0.5, 0.6) is 0 Å². The molecule has 8 amide bonds. The molecule has 80 heavy (non-hydrogen) atoms. The summed E-state index contributed by atoms with van der Waals surface area (Å²) in [7, 11) is 0. The van der Waals surface area contributed by atoms with E-state index in [2.05, 4.69) is 47.5 Å². The zero-order valence-electron chi connectivity index (χ0n) is 45.9. The smallest absolute Gasteiger partial charge is 0.326 e. The summed E-state index contributed by atoms with van der Waals surface area (Å²) in [5, 5.41) is 58.7. The van der Waals surface area contributed by atoms with Crippen molar-refractivity contribution in [3.63, 3.8) is 0 Å². The number of amides is 8. The second kappa shape index (κ2) is 34.6. The minimum atomic E-state index is -1.89. The Bertz CT molecular complexity index is 2440. The Kier molecular flexibility index (Phi) is 29.4. The molecule has 0 saturated heterocycles. The zero-order chi connectivity index (χ0) is 60.2. The summed E-state index contributed by atoms with van der Waals surface area (Å²) in [6, 6.07) is 3.61. The standard InChI is InChI=1S/C53H80N12O15/c1-28(2)22-36(60-49(76)38(26-42(69)70)61-45(72)35(19-20-41(67)68)58-44(71)33(54)24-31-14-9-7-10-15-31)47(74)59-34(18-13-21-57-53(55)56)46(73)65-43(30(5)6)51(78)62-37(23-29(3)4)48(75)64-40(27-66)50(77)63-39(52(79)80)25-32-16-11-8-12-17-32/h7-12,14-17,28-30,33-40,43,66H,13,18-27,54H2,1-6H3,(H,58,71)(H,59,74)(H,60,76)(H,61,72)(H,62,78)(H,63,77)(H,64,75)(H,65,73)(H,67,68)(H,69,70)(H,79,80)(H4,55,56,57)/t33-,34-,35-,36-,37-,38-,39-,40-,43-/m0/s1. The Labute approximate surface area is 464 Å². The fourth-order valence-electron chi connectivity index (χ4n) is 7.99. The number of benzene rings is 2. The highest BCUT2D eigenvalue weighted by molar-refractivity contribution is 5.99. The normalized spacial score (nSPS) is 14.5. The number of rotatable bonds is 36. The van der Waals surface area contributed by atoms with Crippen molar-refractivity contribution in [3.8, 4) is 0 Å². The third-order valence-electron chi connectivity index (χ3n) is 12.1. The van der Waals surface area contributed by atoms with Crippen LogP contribution in [0.15, 0.2) is 65.7 Å². The SMILES string of the molecule is CC(C)C[C@H](NC(=O)[C@H](CC(=O)O)NC(=O)[C@H](CCC(=O)O)NC(=O)[C@@H](N)Cc1ccccc1)C(=O)N[C@@H](CCCN=C(N)N)C(=O)N[C@H](C(=O)N[C@@H](CC(C)C)C(=O)N[C@@H](CO)C(=O)N[C@@H](Cc1ccccc1)C(=O)O)C(C)C. The Balaban J connectivity index is 2.38. The van der Waals surface area contributed by atoms with E-state index in [4.69, 9.17) is 17.2 Å². The fraction of sp³-hybridized carbons (Fsp3) is 0.547. The Hall–Kier alpha value is -8.20. The summed E-state index contributed by atoms with van der Waals surface area (Å²) in [4.78, 5) is 150. The van der Waals surface area contributed by atoms with Crippen molar-refractivity contribution in [2.75, 3.05) is 13.2 Å². The third-order valence-corrected chi connectivity index (χ3v) is 12.1. The van der Waals surface area contributed by atoms with Crippen LogP contribution in [0.1, 0.15) is 97.6 Å². The van der Waals surface area contributed by atoms with Gasteiger partial charge in [0.15, 0.2) is 5.96 Å². The van der Waals surface area contributed by atoms with Gasteiger partial charge in [-0.3, -0.25) is 52.9 Å². The zero-order valence-corrected chi connectivity index (χ0v) is 45.9. The first kappa shape index (κ1) is 67.9. The molecule has 0 radical (unpaired) electrons. The van der Waals surface area contributed by atoms with Crippen LogP contribution in [0.4, 0.5) is 0 Å². The lowest BCUT2D eigenvalue weighted by molar-refractivity contribution is -0.143. The van der Waals surface area contributed by atoms with Gasteiger partial charge in [0.1, 0.15) is 48.3 Å². The summed E-state index contributed by atoms with van der Waals surface area (Å²) in [5.41, 5.74) is 18.4. The van der Waals surface area contributed by atoms with E-state index in [1.807, 2.05) is 0 Å². The average Bonchev–Trinajstić information content (AvgIpc) is 3.37. The largest absolute Gasteiger partial charge is 0.481 e. The average molecular weight is 1130 g/mol. The number of aliphatic carboxylic acids is 3. The molecule has 0 saturated carbocycles. The number of carboxylic acid groups (broad SMARTS) is 3. The first-order valence-corrected chi connectivity index (χ1v) is 26.2. The molecule has 0 fully saturated rings. The van der Waals surface area contributed by atoms with Crippen molar-refractivity contribution in [2.24, 2.45) is 39.9 Å². The molecule has 18 N–H and O–H groups in total. The number of aliphatic hydroxyl groups is 1. The van der Waals surface area contributed by atoms with E-state index in [1.165, 1.54) is 0 Å². The molecular formula is C53H80N12O15. The minimum absolute atomic E-state index is 0.00292. The molecule has 27 heteroatoms. The maximum atomic E-state index is 14.3. The Morgan fingerprint density at radius 3 is 1.38 bits per heavy atom. The maximum absolute atomic E-state index is 14.3. The summed E-state index contributed by atoms with van der Waals surface area (Å²) in [6.45, 7) is 9.08. The predicted octanol–water partition coefficient (Wildman–Crippen LogP) is -2.10. The monoisotopic (exact) mass is 1120 g/mol. The molecule has 2 rings (SSSR count). The summed E-state index contributed by atoms with van der Waals surface area (Å²) in [6.07, 6.45) is -2.39. The lowest BCUT2D eigenvalue weighted by Crippen LogP contribution is -2.61. The van der Waals surface area contributed by atoms with Crippen LogP contribution in [-0.2, 0) is 65.6 Å². The van der Waals surface area contributed by atoms with Crippen LogP contribution in [0, 0.1) is 17.8 Å². The Morgan fingerprint density at radius 2 is 0.900 bits per heavy atom. The van der Waals surface area contributed by atoms with Gasteiger partial charge in [-0.25, -0.2) is 4.79 Å². The number of nitrogens with zero attached hydrogens (tertiary/aromatic N) is 1. The van der Waals surface area contributed by atoms with Gasteiger partial charge in [0.25, 0.3) is 0 Å². The van der Waals surface area contributed by atoms with Crippen LogP contribution >= 0.6 is 0 Å². The number of nitrogens with one attached hydrogen (secondary N) is 8. The first-order valence-electron chi connectivity index (χ1n) is 26.2. The van der Waals surface area contributed by atoms with Gasteiger partial charge in [0.05, 0.1) is 19.1 Å². The summed E-state index contributed by atoms with van der Waals surface area (Å²) >= 11 is 0. The van der Waals surface area contributed by atoms with Crippen LogP contribution in [0.25, 0.3) is 0 Å². The number of carboxylic acids is 3. The van der Waals surface area contributed by atoms with Gasteiger partial charge in [0, 0.05) is 19.4 Å². The molecule has 0 spiro atoms. The molecule has 442 valence electrons. The van der Waals surface area contributed by atoms with E-state index >= 15 is 0 Å². The molecular weight excluding hydrogens is 1040 g/mol. The van der Waals surface area contributed by atoms with Crippen molar-refractivity contribution < 1.29 is 73.2 Å². The van der Waals surface area contributed by atoms with Gasteiger partial charge in [-0.15, -0.1) is 0 Å². The van der Waals surface area contributed by atoms with Crippen LogP contribution in [0.2, 0.25) is 0 Å². The highest BCUT2D eigenvalue weighted by Crippen LogP contribution is 2.13. The quantitative estimate of drug-likeness (QED) is 0.0197. The van der Waals surface area contributed by atoms with Gasteiger partial charge in [-0.05, 0) is 67.4 Å². The molecule has 2 aromatic rings. The highest BCUT2D eigenvalue weighted by atomic mass is 16.4. The number of hydrogen-bond acceptors (Lipinski definition) is 14. The highest BCUT2D eigenvalue weighted by Gasteiger charge is 2.37. The first-order chi connectivity index (χ1) is 37.6. The second-order valence-corrected chi connectivity index (χ2v) is 20.4. The molecule has 2 aromatic carbocycles. The van der Waals surface area contributed by atoms with E-state index in [1.54, 1.807) is 102 Å². The predicted molar refractivity (Wildman–Crippen MR) is 291 cm³/mol. The van der Waals surface area contributed by atoms with E-state index in [0.717, 1.165) is 0 Å². The second-order valence-electron chi connectivity index (χ2n) is 20.4.